The van der Waals surface area contributed by atoms with Crippen LogP contribution in [0.5, 0.6) is 5.75 Å². The highest BCUT2D eigenvalue weighted by molar-refractivity contribution is 5.31. The molecule has 0 spiro atoms. The lowest BCUT2D eigenvalue weighted by Gasteiger charge is -2.16. The molecule has 0 aromatic heterocycles. The van der Waals surface area contributed by atoms with Crippen molar-refractivity contribution in [1.82, 2.24) is 0 Å². The van der Waals surface area contributed by atoms with E-state index in [1.165, 1.54) is 0 Å². The zero-order chi connectivity index (χ0) is 13.9. The molecule has 0 fully saturated rings. The van der Waals surface area contributed by atoms with E-state index in [0.717, 1.165) is 12.1 Å². The predicted molar refractivity (Wildman–Crippen MR) is 50.7 cm³/mol. The number of hydrogen-bond donors (Lipinski definition) is 1. The Morgan fingerprint density at radius 3 is 2.06 bits per heavy atom. The van der Waals surface area contributed by atoms with E-state index in [0.29, 0.717) is 0 Å². The molecule has 0 saturated carbocycles. The lowest BCUT2D eigenvalue weighted by atomic mass is 10.2. The summed E-state index contributed by atoms with van der Waals surface area (Å²) in [6, 6.07) is 1.55. The summed E-state index contributed by atoms with van der Waals surface area (Å²) in [6.07, 6.45) is -3.98. The monoisotopic (exact) mass is 273 g/mol. The Bertz CT molecular complexity index is 400. The van der Waals surface area contributed by atoms with Crippen LogP contribution in [0.4, 0.5) is 26.3 Å². The summed E-state index contributed by atoms with van der Waals surface area (Å²) >= 11 is 0. The van der Waals surface area contributed by atoms with Crippen molar-refractivity contribution in [2.45, 2.75) is 18.9 Å². The van der Waals surface area contributed by atoms with Crippen molar-refractivity contribution >= 4 is 0 Å². The summed E-state index contributed by atoms with van der Waals surface area (Å²) in [5.41, 5.74) is 5.21. The van der Waals surface area contributed by atoms with Crippen molar-refractivity contribution in [2.24, 2.45) is 5.73 Å². The fraction of sp³-hybridized carbons (Fsp3) is 0.400. The smallest absolute Gasteiger partial charge is 0.340 e. The zero-order valence-corrected chi connectivity index (χ0v) is 8.90. The third-order valence-corrected chi connectivity index (χ3v) is 2.02. The van der Waals surface area contributed by atoms with Gasteiger partial charge >= 0.3 is 12.3 Å². The van der Waals surface area contributed by atoms with Crippen LogP contribution in [0.3, 0.4) is 0 Å². The van der Waals surface area contributed by atoms with E-state index < -0.39 is 36.3 Å². The van der Waals surface area contributed by atoms with Crippen molar-refractivity contribution in [3.05, 3.63) is 29.3 Å². The molecule has 0 heterocycles. The summed E-state index contributed by atoms with van der Waals surface area (Å²) in [5.74, 6) is -8.17. The Kier molecular flexibility index (Phi) is 4.44. The second kappa shape index (κ2) is 5.47. The maximum Gasteiger partial charge on any atom is 0.340 e. The molecular weight excluding hydrogens is 264 g/mol. The van der Waals surface area contributed by atoms with Crippen molar-refractivity contribution in [1.29, 1.82) is 0 Å². The number of ether oxygens (including phenoxy) is 1. The van der Waals surface area contributed by atoms with E-state index >= 15 is 0 Å². The van der Waals surface area contributed by atoms with Crippen LogP contribution in [-0.2, 0) is 6.54 Å². The quantitative estimate of drug-likeness (QED) is 0.837. The Labute approximate surface area is 98.3 Å². The second-order valence-corrected chi connectivity index (χ2v) is 3.44. The van der Waals surface area contributed by atoms with Gasteiger partial charge in [0.05, 0.1) is 0 Å². The number of alkyl halides is 4. The maximum atomic E-state index is 13.2. The minimum absolute atomic E-state index is 0.0815. The van der Waals surface area contributed by atoms with Gasteiger partial charge in [-0.1, -0.05) is 0 Å². The van der Waals surface area contributed by atoms with Gasteiger partial charge < -0.3 is 10.5 Å². The minimum Gasteiger partial charge on any atom is -0.481 e. The Hall–Kier alpha value is -1.44. The molecule has 1 aromatic carbocycles. The molecule has 102 valence electrons. The Morgan fingerprint density at radius 2 is 1.67 bits per heavy atom. The number of benzene rings is 1. The van der Waals surface area contributed by atoms with E-state index in [1.807, 2.05) is 0 Å². The number of nitrogens with two attached hydrogens (primary N) is 1. The van der Waals surface area contributed by atoms with Crippen LogP contribution in [0.25, 0.3) is 0 Å². The summed E-state index contributed by atoms with van der Waals surface area (Å²) < 4.78 is 79.1. The molecule has 2 N–H and O–H groups in total. The zero-order valence-electron chi connectivity index (χ0n) is 8.90. The second-order valence-electron chi connectivity index (χ2n) is 3.44. The Morgan fingerprint density at radius 1 is 1.17 bits per heavy atom. The van der Waals surface area contributed by atoms with E-state index in [9.17, 15) is 26.3 Å². The molecule has 0 atom stereocenters. The van der Waals surface area contributed by atoms with Gasteiger partial charge in [0.1, 0.15) is 0 Å². The molecule has 1 rings (SSSR count). The van der Waals surface area contributed by atoms with Gasteiger partial charge in [0.25, 0.3) is 0 Å². The van der Waals surface area contributed by atoms with E-state index in [4.69, 9.17) is 5.73 Å². The molecular formula is C10H9F6NO. The SMILES string of the molecule is NCc1cc(F)c(OCC(F)(F)C(F)F)c(F)c1. The van der Waals surface area contributed by atoms with Crippen LogP contribution in [0, 0.1) is 11.6 Å². The van der Waals surface area contributed by atoms with E-state index in [-0.39, 0.29) is 12.1 Å². The summed E-state index contributed by atoms with van der Waals surface area (Å²) in [5, 5.41) is 0. The molecule has 18 heavy (non-hydrogen) atoms. The fourth-order valence-corrected chi connectivity index (χ4v) is 1.10. The van der Waals surface area contributed by atoms with Gasteiger partial charge in [-0.15, -0.1) is 0 Å². The Balaban J connectivity index is 2.86. The maximum absolute atomic E-state index is 13.2. The molecule has 0 aliphatic carbocycles. The van der Waals surface area contributed by atoms with E-state index in [2.05, 4.69) is 4.74 Å². The highest BCUT2D eigenvalue weighted by Crippen LogP contribution is 2.28. The standard InChI is InChI=1S/C10H9F6NO/c11-6-1-5(3-17)2-7(12)8(6)18-4-10(15,16)9(13)14/h1-2,9H,3-4,17H2. The third-order valence-electron chi connectivity index (χ3n) is 2.02. The molecule has 0 radical (unpaired) electrons. The molecule has 0 aliphatic heterocycles. The van der Waals surface area contributed by atoms with Gasteiger partial charge in [-0.3, -0.25) is 0 Å². The van der Waals surface area contributed by atoms with Gasteiger partial charge in [-0.25, -0.2) is 17.6 Å². The topological polar surface area (TPSA) is 35.2 Å². The average molecular weight is 273 g/mol. The molecule has 0 saturated heterocycles. The van der Waals surface area contributed by atoms with Crippen LogP contribution in [0.2, 0.25) is 0 Å². The molecule has 1 aromatic rings. The molecule has 0 unspecified atom stereocenters. The summed E-state index contributed by atoms with van der Waals surface area (Å²) in [4.78, 5) is 0. The van der Waals surface area contributed by atoms with E-state index in [1.54, 1.807) is 0 Å². The largest absolute Gasteiger partial charge is 0.481 e. The highest BCUT2D eigenvalue weighted by atomic mass is 19.3. The van der Waals surface area contributed by atoms with Gasteiger partial charge in [0.15, 0.2) is 24.0 Å². The number of halogens is 6. The first kappa shape index (κ1) is 14.6. The fourth-order valence-electron chi connectivity index (χ4n) is 1.10. The van der Waals surface area contributed by atoms with Gasteiger partial charge in [-0.2, -0.15) is 8.78 Å². The predicted octanol–water partition coefficient (Wildman–Crippen LogP) is 2.70. The van der Waals surface area contributed by atoms with Crippen LogP contribution in [-0.4, -0.2) is 19.0 Å². The lowest BCUT2D eigenvalue weighted by molar-refractivity contribution is -0.148. The highest BCUT2D eigenvalue weighted by Gasteiger charge is 2.42. The summed E-state index contributed by atoms with van der Waals surface area (Å²) in [7, 11) is 0. The molecule has 8 heteroatoms. The normalized spacial score (nSPS) is 12.0. The van der Waals surface area contributed by atoms with Crippen LogP contribution in [0.15, 0.2) is 12.1 Å². The van der Waals surface area contributed by atoms with Crippen molar-refractivity contribution in [2.75, 3.05) is 6.61 Å². The van der Waals surface area contributed by atoms with Crippen molar-refractivity contribution in [3.8, 4) is 5.75 Å². The molecule has 0 aliphatic rings. The first-order valence-electron chi connectivity index (χ1n) is 4.74. The minimum atomic E-state index is -4.48. The number of rotatable bonds is 5. The van der Waals surface area contributed by atoms with Crippen LogP contribution >= 0.6 is 0 Å². The molecule has 2 nitrogen and oxygen atoms in total. The first-order valence-corrected chi connectivity index (χ1v) is 4.74. The van der Waals surface area contributed by atoms with Gasteiger partial charge in [0, 0.05) is 6.54 Å². The van der Waals surface area contributed by atoms with Crippen LogP contribution < -0.4 is 10.5 Å². The first-order chi connectivity index (χ1) is 8.27. The molecule has 0 amide bonds. The average Bonchev–Trinajstić information content (AvgIpc) is 2.27. The molecule has 0 bridgehead atoms. The lowest BCUT2D eigenvalue weighted by Crippen LogP contribution is -2.34. The van der Waals surface area contributed by atoms with Crippen molar-refractivity contribution in [3.63, 3.8) is 0 Å². The van der Waals surface area contributed by atoms with Crippen molar-refractivity contribution < 1.29 is 31.1 Å². The number of hydrogen-bond acceptors (Lipinski definition) is 2. The van der Waals surface area contributed by atoms with Gasteiger partial charge in [0.2, 0.25) is 0 Å². The van der Waals surface area contributed by atoms with Crippen LogP contribution in [0.1, 0.15) is 5.56 Å². The third kappa shape index (κ3) is 3.28. The van der Waals surface area contributed by atoms with Gasteiger partial charge in [-0.05, 0) is 17.7 Å². The summed E-state index contributed by atoms with van der Waals surface area (Å²) in [6.45, 7) is -1.98.